The van der Waals surface area contributed by atoms with E-state index in [0.717, 1.165) is 13.1 Å². The van der Waals surface area contributed by atoms with Crippen molar-refractivity contribution in [2.45, 2.75) is 18.7 Å². The average molecular weight is 324 g/mol. The zero-order valence-electron chi connectivity index (χ0n) is 13.4. The molecule has 2 aromatic rings. The molecule has 2 fully saturated rings. The first-order chi connectivity index (χ1) is 11.8. The van der Waals surface area contributed by atoms with Crippen molar-refractivity contribution >= 4 is 5.91 Å². The normalized spacial score (nSPS) is 23.9. The second-order valence-corrected chi connectivity index (χ2v) is 6.23. The number of benzene rings is 1. The van der Waals surface area contributed by atoms with Gasteiger partial charge in [0.2, 0.25) is 0 Å². The quantitative estimate of drug-likeness (QED) is 0.849. The van der Waals surface area contributed by atoms with E-state index >= 15 is 0 Å². The summed E-state index contributed by atoms with van der Waals surface area (Å²) in [5.74, 6) is -0.0687. The molecule has 0 radical (unpaired) electrons. The van der Waals surface area contributed by atoms with Gasteiger partial charge in [-0.15, -0.1) is 0 Å². The third kappa shape index (κ3) is 3.02. The smallest absolute Gasteiger partial charge is 0.274 e. The summed E-state index contributed by atoms with van der Waals surface area (Å²) in [5, 5.41) is 0. The first-order valence-electron chi connectivity index (χ1n) is 8.26. The molecule has 2 atom stereocenters. The van der Waals surface area contributed by atoms with E-state index in [0.29, 0.717) is 25.4 Å². The summed E-state index contributed by atoms with van der Waals surface area (Å²) in [6.07, 6.45) is 4.72. The number of ether oxygens (including phenoxy) is 1. The van der Waals surface area contributed by atoms with Crippen LogP contribution in [0, 0.1) is 0 Å². The number of hydrogen-bond acceptors (Lipinski definition) is 5. The van der Waals surface area contributed by atoms with Crippen molar-refractivity contribution in [3.8, 4) is 0 Å². The van der Waals surface area contributed by atoms with E-state index in [-0.39, 0.29) is 18.1 Å². The summed E-state index contributed by atoms with van der Waals surface area (Å²) in [7, 11) is 0. The van der Waals surface area contributed by atoms with Crippen LogP contribution < -0.4 is 0 Å². The second-order valence-electron chi connectivity index (χ2n) is 6.23. The molecule has 0 saturated carbocycles. The highest BCUT2D eigenvalue weighted by molar-refractivity contribution is 5.92. The van der Waals surface area contributed by atoms with Crippen LogP contribution in [0.15, 0.2) is 48.9 Å². The van der Waals surface area contributed by atoms with Crippen LogP contribution in [0.1, 0.15) is 16.1 Å². The maximum atomic E-state index is 12.6. The summed E-state index contributed by atoms with van der Waals surface area (Å²) in [4.78, 5) is 25.0. The zero-order chi connectivity index (χ0) is 16.4. The summed E-state index contributed by atoms with van der Waals surface area (Å²) in [6.45, 7) is 3.78. The molecule has 1 aromatic carbocycles. The van der Waals surface area contributed by atoms with Crippen molar-refractivity contribution in [2.24, 2.45) is 0 Å². The molecule has 0 N–H and O–H groups in total. The number of aromatic nitrogens is 2. The van der Waals surface area contributed by atoms with Gasteiger partial charge in [-0.25, -0.2) is 4.98 Å². The fourth-order valence-corrected chi connectivity index (χ4v) is 3.51. The lowest BCUT2D eigenvalue weighted by molar-refractivity contribution is -0.0503. The third-order valence-electron chi connectivity index (χ3n) is 4.71. The largest absolute Gasteiger partial charge is 0.373 e. The number of likely N-dealkylation sites (tertiary alicyclic amines) is 1. The fourth-order valence-electron chi connectivity index (χ4n) is 3.51. The van der Waals surface area contributed by atoms with Crippen molar-refractivity contribution < 1.29 is 9.53 Å². The van der Waals surface area contributed by atoms with Gasteiger partial charge in [0, 0.05) is 38.6 Å². The SMILES string of the molecule is O=C(c1cnccn1)N1CC2OCCN(Cc3ccccc3)C2C1. The Morgan fingerprint density at radius 1 is 1.21 bits per heavy atom. The van der Waals surface area contributed by atoms with Gasteiger partial charge in [0.05, 0.1) is 24.9 Å². The predicted molar refractivity (Wildman–Crippen MR) is 88.3 cm³/mol. The molecule has 24 heavy (non-hydrogen) atoms. The van der Waals surface area contributed by atoms with E-state index in [2.05, 4.69) is 39.1 Å². The maximum absolute atomic E-state index is 12.6. The number of rotatable bonds is 3. The number of carbonyl (C=O) groups excluding carboxylic acids is 1. The number of nitrogens with zero attached hydrogens (tertiary/aromatic N) is 4. The second kappa shape index (κ2) is 6.67. The molecule has 2 aliphatic rings. The molecule has 2 aliphatic heterocycles. The summed E-state index contributed by atoms with van der Waals surface area (Å²) in [5.41, 5.74) is 1.68. The van der Waals surface area contributed by atoms with Gasteiger partial charge in [0.25, 0.3) is 5.91 Å². The number of morpholine rings is 1. The van der Waals surface area contributed by atoms with Crippen LogP contribution >= 0.6 is 0 Å². The Morgan fingerprint density at radius 2 is 2.08 bits per heavy atom. The Hall–Kier alpha value is -2.31. The minimum Gasteiger partial charge on any atom is -0.373 e. The Balaban J connectivity index is 1.47. The molecule has 3 heterocycles. The van der Waals surface area contributed by atoms with Gasteiger partial charge in [-0.1, -0.05) is 30.3 Å². The molecule has 124 valence electrons. The van der Waals surface area contributed by atoms with Gasteiger partial charge >= 0.3 is 0 Å². The van der Waals surface area contributed by atoms with Gasteiger partial charge in [-0.05, 0) is 5.56 Å². The molecule has 2 unspecified atom stereocenters. The van der Waals surface area contributed by atoms with Crippen LogP contribution in [0.3, 0.4) is 0 Å². The molecule has 1 aromatic heterocycles. The molecule has 0 aliphatic carbocycles. The Morgan fingerprint density at radius 3 is 2.88 bits per heavy atom. The molecular weight excluding hydrogens is 304 g/mol. The molecule has 1 amide bonds. The van der Waals surface area contributed by atoms with Crippen molar-refractivity contribution in [2.75, 3.05) is 26.2 Å². The monoisotopic (exact) mass is 324 g/mol. The summed E-state index contributed by atoms with van der Waals surface area (Å²) >= 11 is 0. The van der Waals surface area contributed by atoms with Crippen molar-refractivity contribution in [1.82, 2.24) is 19.8 Å². The van der Waals surface area contributed by atoms with Crippen LogP contribution in [0.2, 0.25) is 0 Å². The lowest BCUT2D eigenvalue weighted by atomic mass is 10.1. The third-order valence-corrected chi connectivity index (χ3v) is 4.71. The standard InChI is InChI=1S/C18H20N4O2/c23-18(15-10-19-6-7-20-15)22-12-16-17(13-22)24-9-8-21(16)11-14-4-2-1-3-5-14/h1-7,10,16-17H,8-9,11-13H2. The first kappa shape index (κ1) is 15.2. The molecule has 6 nitrogen and oxygen atoms in total. The number of amides is 1. The molecular formula is C18H20N4O2. The highest BCUT2D eigenvalue weighted by Crippen LogP contribution is 2.25. The average Bonchev–Trinajstić information content (AvgIpc) is 3.08. The van der Waals surface area contributed by atoms with Crippen molar-refractivity contribution in [3.63, 3.8) is 0 Å². The predicted octanol–water partition coefficient (Wildman–Crippen LogP) is 1.20. The van der Waals surface area contributed by atoms with Crippen molar-refractivity contribution in [1.29, 1.82) is 0 Å². The van der Waals surface area contributed by atoms with Gasteiger partial charge in [0.15, 0.2) is 0 Å². The molecule has 6 heteroatoms. The summed E-state index contributed by atoms with van der Waals surface area (Å²) < 4.78 is 5.91. The van der Waals surface area contributed by atoms with Gasteiger partial charge in [-0.3, -0.25) is 14.7 Å². The van der Waals surface area contributed by atoms with Crippen LogP contribution in [0.5, 0.6) is 0 Å². The lowest BCUT2D eigenvalue weighted by Gasteiger charge is -2.36. The minimum atomic E-state index is -0.0687. The van der Waals surface area contributed by atoms with Gasteiger partial charge < -0.3 is 9.64 Å². The highest BCUT2D eigenvalue weighted by atomic mass is 16.5. The Bertz CT molecular complexity index is 695. The van der Waals surface area contributed by atoms with Crippen LogP contribution in [-0.4, -0.2) is 64.1 Å². The van der Waals surface area contributed by atoms with Gasteiger partial charge in [0.1, 0.15) is 5.69 Å². The lowest BCUT2D eigenvalue weighted by Crippen LogP contribution is -2.50. The van der Waals surface area contributed by atoms with Crippen molar-refractivity contribution in [3.05, 3.63) is 60.2 Å². The zero-order valence-corrected chi connectivity index (χ0v) is 13.4. The van der Waals surface area contributed by atoms with E-state index in [4.69, 9.17) is 4.74 Å². The highest BCUT2D eigenvalue weighted by Gasteiger charge is 2.42. The first-order valence-corrected chi connectivity index (χ1v) is 8.26. The molecule has 4 rings (SSSR count). The fraction of sp³-hybridized carbons (Fsp3) is 0.389. The van der Waals surface area contributed by atoms with Crippen LogP contribution in [0.25, 0.3) is 0 Å². The van der Waals surface area contributed by atoms with E-state index in [1.807, 2.05) is 11.0 Å². The Labute approximate surface area is 141 Å². The number of carbonyl (C=O) groups is 1. The topological polar surface area (TPSA) is 58.6 Å². The maximum Gasteiger partial charge on any atom is 0.274 e. The van der Waals surface area contributed by atoms with Crippen LogP contribution in [-0.2, 0) is 11.3 Å². The number of hydrogen-bond donors (Lipinski definition) is 0. The van der Waals surface area contributed by atoms with E-state index in [1.165, 1.54) is 11.8 Å². The number of fused-ring (bicyclic) bond motifs is 1. The minimum absolute atomic E-state index is 0.0687. The molecule has 2 saturated heterocycles. The van der Waals surface area contributed by atoms with Gasteiger partial charge in [-0.2, -0.15) is 0 Å². The molecule has 0 bridgehead atoms. The summed E-state index contributed by atoms with van der Waals surface area (Å²) in [6, 6.07) is 10.7. The molecule has 0 spiro atoms. The van der Waals surface area contributed by atoms with E-state index in [9.17, 15) is 4.79 Å². The van der Waals surface area contributed by atoms with Crippen LogP contribution in [0.4, 0.5) is 0 Å². The van der Waals surface area contributed by atoms with E-state index < -0.39 is 0 Å². The Kier molecular flexibility index (Phi) is 4.23. The van der Waals surface area contributed by atoms with E-state index in [1.54, 1.807) is 12.4 Å².